The molecular formula is C14H21N3. The molecule has 0 bridgehead atoms. The molecular weight excluding hydrogens is 210 g/mol. The molecule has 2 fully saturated rings. The van der Waals surface area contributed by atoms with E-state index in [2.05, 4.69) is 41.2 Å². The Balaban J connectivity index is 1.81. The Morgan fingerprint density at radius 3 is 2.65 bits per heavy atom. The maximum absolute atomic E-state index is 4.46. The number of pyridine rings is 1. The fourth-order valence-electron chi connectivity index (χ4n) is 3.29. The fraction of sp³-hybridized carbons (Fsp3) is 0.643. The van der Waals surface area contributed by atoms with Crippen LogP contribution in [-0.4, -0.2) is 31.2 Å². The maximum Gasteiger partial charge on any atom is 0.0402 e. The number of nitrogens with zero attached hydrogens (tertiary/aromatic N) is 2. The van der Waals surface area contributed by atoms with Crippen molar-refractivity contribution in [3.63, 3.8) is 0 Å². The summed E-state index contributed by atoms with van der Waals surface area (Å²) in [6, 6.07) is 4.43. The van der Waals surface area contributed by atoms with Crippen LogP contribution < -0.4 is 10.2 Å². The quantitative estimate of drug-likeness (QED) is 0.800. The largest absolute Gasteiger partial charge is 0.371 e. The van der Waals surface area contributed by atoms with Crippen molar-refractivity contribution in [1.82, 2.24) is 10.3 Å². The Bertz CT molecular complexity index is 401. The molecule has 0 saturated carbocycles. The number of hydrogen-bond donors (Lipinski definition) is 1. The Labute approximate surface area is 103 Å². The molecule has 3 nitrogen and oxygen atoms in total. The molecule has 0 unspecified atom stereocenters. The van der Waals surface area contributed by atoms with Gasteiger partial charge in [0.2, 0.25) is 0 Å². The Morgan fingerprint density at radius 1 is 1.24 bits per heavy atom. The van der Waals surface area contributed by atoms with Crippen molar-refractivity contribution < 1.29 is 0 Å². The SMILES string of the molecule is Cc1cc(N2CC[C@@]3(CCNC3)C2)cc(C)n1. The predicted octanol–water partition coefficient (Wildman–Crippen LogP) is 1.89. The highest BCUT2D eigenvalue weighted by atomic mass is 15.2. The third kappa shape index (κ3) is 2.04. The van der Waals surface area contributed by atoms with Gasteiger partial charge in [-0.2, -0.15) is 0 Å². The van der Waals surface area contributed by atoms with E-state index >= 15 is 0 Å². The van der Waals surface area contributed by atoms with E-state index in [1.165, 1.54) is 44.7 Å². The van der Waals surface area contributed by atoms with Crippen molar-refractivity contribution in [2.24, 2.45) is 5.41 Å². The third-order valence-electron chi connectivity index (χ3n) is 4.20. The first-order valence-corrected chi connectivity index (χ1v) is 6.58. The van der Waals surface area contributed by atoms with E-state index in [9.17, 15) is 0 Å². The van der Waals surface area contributed by atoms with E-state index in [0.717, 1.165) is 11.4 Å². The molecule has 92 valence electrons. The van der Waals surface area contributed by atoms with Crippen LogP contribution in [0.3, 0.4) is 0 Å². The summed E-state index contributed by atoms with van der Waals surface area (Å²) in [5.74, 6) is 0. The van der Waals surface area contributed by atoms with Gasteiger partial charge in [-0.15, -0.1) is 0 Å². The molecule has 1 atom stereocenters. The van der Waals surface area contributed by atoms with Crippen LogP contribution in [0.25, 0.3) is 0 Å². The summed E-state index contributed by atoms with van der Waals surface area (Å²) >= 11 is 0. The van der Waals surface area contributed by atoms with Crippen LogP contribution in [0, 0.1) is 19.3 Å². The molecule has 1 N–H and O–H groups in total. The lowest BCUT2D eigenvalue weighted by Crippen LogP contribution is -2.29. The molecule has 0 aromatic carbocycles. The molecule has 0 aliphatic carbocycles. The van der Waals surface area contributed by atoms with Gasteiger partial charge < -0.3 is 10.2 Å². The summed E-state index contributed by atoms with van der Waals surface area (Å²) in [6.45, 7) is 8.97. The van der Waals surface area contributed by atoms with Crippen LogP contribution in [0.5, 0.6) is 0 Å². The molecule has 3 heterocycles. The van der Waals surface area contributed by atoms with E-state index in [0.29, 0.717) is 5.41 Å². The van der Waals surface area contributed by atoms with Gasteiger partial charge in [0.1, 0.15) is 0 Å². The number of aryl methyl sites for hydroxylation is 2. The predicted molar refractivity (Wildman–Crippen MR) is 70.5 cm³/mol. The van der Waals surface area contributed by atoms with Gasteiger partial charge in [0.05, 0.1) is 0 Å². The van der Waals surface area contributed by atoms with Crippen molar-refractivity contribution in [2.75, 3.05) is 31.1 Å². The van der Waals surface area contributed by atoms with Crippen LogP contribution >= 0.6 is 0 Å². The van der Waals surface area contributed by atoms with Gasteiger partial charge in [-0.05, 0) is 45.4 Å². The second kappa shape index (κ2) is 3.98. The fourth-order valence-corrected chi connectivity index (χ4v) is 3.29. The highest BCUT2D eigenvalue weighted by Gasteiger charge is 2.40. The number of anilines is 1. The van der Waals surface area contributed by atoms with Crippen molar-refractivity contribution in [3.8, 4) is 0 Å². The molecule has 1 spiro atoms. The minimum atomic E-state index is 0.547. The van der Waals surface area contributed by atoms with Gasteiger partial charge in [0.25, 0.3) is 0 Å². The highest BCUT2D eigenvalue weighted by molar-refractivity contribution is 5.49. The summed E-state index contributed by atoms with van der Waals surface area (Å²) in [4.78, 5) is 6.99. The number of hydrogen-bond acceptors (Lipinski definition) is 3. The molecule has 1 aromatic heterocycles. The van der Waals surface area contributed by atoms with E-state index < -0.39 is 0 Å². The minimum absolute atomic E-state index is 0.547. The zero-order chi connectivity index (χ0) is 11.9. The second-order valence-corrected chi connectivity index (χ2v) is 5.71. The van der Waals surface area contributed by atoms with Crippen LogP contribution in [0.4, 0.5) is 5.69 Å². The van der Waals surface area contributed by atoms with E-state index in [4.69, 9.17) is 0 Å². The van der Waals surface area contributed by atoms with Gasteiger partial charge in [0.15, 0.2) is 0 Å². The van der Waals surface area contributed by atoms with Crippen LogP contribution in [-0.2, 0) is 0 Å². The maximum atomic E-state index is 4.46. The molecule has 0 amide bonds. The summed E-state index contributed by atoms with van der Waals surface area (Å²) in [5.41, 5.74) is 4.17. The van der Waals surface area contributed by atoms with Crippen molar-refractivity contribution >= 4 is 5.69 Å². The molecule has 2 aliphatic heterocycles. The number of nitrogens with one attached hydrogen (secondary N) is 1. The van der Waals surface area contributed by atoms with Crippen LogP contribution in [0.1, 0.15) is 24.2 Å². The molecule has 3 rings (SSSR count). The van der Waals surface area contributed by atoms with E-state index in [-0.39, 0.29) is 0 Å². The lowest BCUT2D eigenvalue weighted by molar-refractivity contribution is 0.369. The van der Waals surface area contributed by atoms with Gasteiger partial charge in [-0.1, -0.05) is 0 Å². The zero-order valence-electron chi connectivity index (χ0n) is 10.8. The molecule has 2 saturated heterocycles. The first kappa shape index (κ1) is 11.0. The Hall–Kier alpha value is -1.09. The average Bonchev–Trinajstić information content (AvgIpc) is 2.88. The molecule has 3 heteroatoms. The summed E-state index contributed by atoms with van der Waals surface area (Å²) in [7, 11) is 0. The zero-order valence-corrected chi connectivity index (χ0v) is 10.8. The van der Waals surface area contributed by atoms with Crippen LogP contribution in [0.15, 0.2) is 12.1 Å². The summed E-state index contributed by atoms with van der Waals surface area (Å²) in [5, 5.41) is 3.51. The standard InChI is InChI=1S/C14H21N3/c1-11-7-13(8-12(2)16-11)17-6-4-14(10-17)3-5-15-9-14/h7-8,15H,3-6,9-10H2,1-2H3/t14-/m1/s1. The number of aromatic nitrogens is 1. The second-order valence-electron chi connectivity index (χ2n) is 5.71. The Kier molecular flexibility index (Phi) is 2.58. The lowest BCUT2D eigenvalue weighted by atomic mass is 9.86. The first-order chi connectivity index (χ1) is 8.17. The van der Waals surface area contributed by atoms with E-state index in [1.54, 1.807) is 0 Å². The van der Waals surface area contributed by atoms with Crippen molar-refractivity contribution in [2.45, 2.75) is 26.7 Å². The van der Waals surface area contributed by atoms with Crippen molar-refractivity contribution in [3.05, 3.63) is 23.5 Å². The Morgan fingerprint density at radius 2 is 2.00 bits per heavy atom. The van der Waals surface area contributed by atoms with Gasteiger partial charge >= 0.3 is 0 Å². The molecule has 2 aliphatic rings. The summed E-state index contributed by atoms with van der Waals surface area (Å²) in [6.07, 6.45) is 2.67. The molecule has 1 aromatic rings. The lowest BCUT2D eigenvalue weighted by Gasteiger charge is -2.24. The third-order valence-corrected chi connectivity index (χ3v) is 4.20. The summed E-state index contributed by atoms with van der Waals surface area (Å²) < 4.78 is 0. The smallest absolute Gasteiger partial charge is 0.0402 e. The van der Waals surface area contributed by atoms with Crippen molar-refractivity contribution in [1.29, 1.82) is 0 Å². The van der Waals surface area contributed by atoms with E-state index in [1.807, 2.05) is 0 Å². The monoisotopic (exact) mass is 231 g/mol. The normalized spacial score (nSPS) is 28.2. The minimum Gasteiger partial charge on any atom is -0.371 e. The van der Waals surface area contributed by atoms with Crippen LogP contribution in [0.2, 0.25) is 0 Å². The molecule has 17 heavy (non-hydrogen) atoms. The number of rotatable bonds is 1. The first-order valence-electron chi connectivity index (χ1n) is 6.58. The highest BCUT2D eigenvalue weighted by Crippen LogP contribution is 2.38. The van der Waals surface area contributed by atoms with Gasteiger partial charge in [0, 0.05) is 42.1 Å². The van der Waals surface area contributed by atoms with Gasteiger partial charge in [-0.25, -0.2) is 0 Å². The van der Waals surface area contributed by atoms with Gasteiger partial charge in [-0.3, -0.25) is 4.98 Å². The average molecular weight is 231 g/mol. The molecule has 0 radical (unpaired) electrons. The topological polar surface area (TPSA) is 28.2 Å².